The highest BCUT2D eigenvalue weighted by atomic mass is 19.4. The molecule has 310 valence electrons. The van der Waals surface area contributed by atoms with E-state index in [-0.39, 0.29) is 30.8 Å². The van der Waals surface area contributed by atoms with Gasteiger partial charge >= 0.3 is 30.1 Å². The van der Waals surface area contributed by atoms with E-state index in [2.05, 4.69) is 0 Å². The van der Waals surface area contributed by atoms with E-state index in [4.69, 9.17) is 38.3 Å². The highest BCUT2D eigenvalue weighted by molar-refractivity contribution is 6.29. The number of esters is 4. The Morgan fingerprint density at radius 1 is 1.12 bits per heavy atom. The zero-order valence-electron chi connectivity index (χ0n) is 32.0. The Labute approximate surface area is 322 Å². The molecule has 0 aromatic carbocycles. The fraction of sp³-hybridized carbons (Fsp3) is 0.667. The Kier molecular flexibility index (Phi) is 13.5. The largest absolute Gasteiger partial charge is 0.542 e. The van der Waals surface area contributed by atoms with Crippen molar-refractivity contribution in [3.05, 3.63) is 47.6 Å². The van der Waals surface area contributed by atoms with Gasteiger partial charge in [0.05, 0.1) is 19.2 Å². The van der Waals surface area contributed by atoms with E-state index in [0.29, 0.717) is 18.5 Å². The van der Waals surface area contributed by atoms with Gasteiger partial charge in [-0.25, -0.2) is 19.2 Å². The zero-order valence-corrected chi connectivity index (χ0v) is 32.0. The molecule has 12 atom stereocenters. The number of allylic oxidation sites excluding steroid dienone is 3. The average molecular weight is 798 g/mol. The average Bonchev–Trinajstić information content (AvgIpc) is 3.91. The quantitative estimate of drug-likeness (QED) is 0.152. The number of aliphatic carboxylic acids is 1. The van der Waals surface area contributed by atoms with Crippen molar-refractivity contribution in [2.24, 2.45) is 29.6 Å². The molecule has 0 aromatic rings. The Bertz CT molecular complexity index is 1640. The molecule has 3 aliphatic heterocycles. The van der Waals surface area contributed by atoms with Crippen LogP contribution in [0.4, 0.5) is 13.2 Å². The molecular formula is C39H50F3NO13. The van der Waals surface area contributed by atoms with E-state index >= 15 is 0 Å². The topological polar surface area (TPSA) is 188 Å². The molecule has 0 radical (unpaired) electrons. The number of carboxylic acid groups (broad SMARTS) is 1. The van der Waals surface area contributed by atoms with Gasteiger partial charge in [0.2, 0.25) is 0 Å². The maximum absolute atomic E-state index is 13.6. The first-order valence-electron chi connectivity index (χ1n) is 18.9. The number of quaternary nitrogens is 1. The number of ether oxygens (including phenoxy) is 6. The molecule has 1 spiro atoms. The van der Waals surface area contributed by atoms with Crippen LogP contribution in [0.3, 0.4) is 0 Å². The summed E-state index contributed by atoms with van der Waals surface area (Å²) in [7, 11) is 1.43. The minimum absolute atomic E-state index is 0.115. The molecule has 17 heteroatoms. The predicted molar refractivity (Wildman–Crippen MR) is 185 cm³/mol. The monoisotopic (exact) mass is 797 g/mol. The lowest BCUT2D eigenvalue weighted by atomic mass is 9.57. The minimum Gasteiger partial charge on any atom is -0.542 e. The first-order valence-corrected chi connectivity index (χ1v) is 18.9. The molecule has 3 aliphatic carbocycles. The molecule has 14 nitrogen and oxygen atoms in total. The van der Waals surface area contributed by atoms with Crippen LogP contribution in [0.15, 0.2) is 47.6 Å². The number of nitrogens with one attached hydrogen (secondary N) is 1. The second kappa shape index (κ2) is 17.6. The molecule has 3 heterocycles. The SMILES string of the molecule is CO[C@H]1C[C@H]2C=CC3C4[C@H](O)[C@@H](C)[C@@H](OC(=O)C5=CC=CC5)[C@@H]3O[C@]42/C(C)=C/[C@@H](C)[C@@H]([C@@H](C)OC(=O)C(=O)OCC[NH+]2CCCC2)OC1=O.O=C([O-])C(F)(F)F. The van der Waals surface area contributed by atoms with Gasteiger partial charge < -0.3 is 48.3 Å². The maximum Gasteiger partial charge on any atom is 0.430 e. The third-order valence-corrected chi connectivity index (χ3v) is 11.8. The van der Waals surface area contributed by atoms with Crippen molar-refractivity contribution in [3.63, 3.8) is 0 Å². The number of hydrogen-bond acceptors (Lipinski definition) is 13. The molecule has 2 N–H and O–H groups in total. The lowest BCUT2D eigenvalue weighted by molar-refractivity contribution is -0.887. The summed E-state index contributed by atoms with van der Waals surface area (Å²) in [4.78, 5) is 62.1. The van der Waals surface area contributed by atoms with Crippen LogP contribution in [0.2, 0.25) is 0 Å². The number of halogens is 3. The number of aliphatic hydroxyl groups excluding tert-OH is 1. The molecular weight excluding hydrogens is 747 g/mol. The van der Waals surface area contributed by atoms with E-state index in [0.717, 1.165) is 31.5 Å². The molecule has 2 saturated heterocycles. The van der Waals surface area contributed by atoms with Gasteiger partial charge in [-0.2, -0.15) is 13.2 Å². The van der Waals surface area contributed by atoms with Crippen molar-refractivity contribution in [1.29, 1.82) is 0 Å². The Morgan fingerprint density at radius 3 is 2.41 bits per heavy atom. The number of cyclic esters (lactones) is 1. The van der Waals surface area contributed by atoms with Crippen molar-refractivity contribution < 1.29 is 80.7 Å². The van der Waals surface area contributed by atoms with Crippen LogP contribution in [0, 0.1) is 29.6 Å². The lowest BCUT2D eigenvalue weighted by Gasteiger charge is -2.49. The van der Waals surface area contributed by atoms with Crippen LogP contribution in [0.1, 0.15) is 53.4 Å². The van der Waals surface area contributed by atoms with Crippen molar-refractivity contribution in [1.82, 2.24) is 0 Å². The Balaban J connectivity index is 0.000000784. The van der Waals surface area contributed by atoms with Crippen molar-refractivity contribution in [2.75, 3.05) is 33.4 Å². The lowest BCUT2D eigenvalue weighted by Crippen LogP contribution is -3.10. The van der Waals surface area contributed by atoms with E-state index < -0.39 is 90.1 Å². The summed E-state index contributed by atoms with van der Waals surface area (Å²) >= 11 is 0. The number of hydrogen-bond donors (Lipinski definition) is 2. The molecule has 6 aliphatic rings. The van der Waals surface area contributed by atoms with Gasteiger partial charge in [0, 0.05) is 55.1 Å². The number of carbonyl (C=O) groups is 5. The smallest absolute Gasteiger partial charge is 0.430 e. The number of likely N-dealkylation sites (tertiary alicyclic amines) is 1. The van der Waals surface area contributed by atoms with Crippen molar-refractivity contribution >= 4 is 29.8 Å². The second-order valence-corrected chi connectivity index (χ2v) is 15.3. The van der Waals surface area contributed by atoms with Crippen molar-refractivity contribution in [3.8, 4) is 0 Å². The summed E-state index contributed by atoms with van der Waals surface area (Å²) in [5.41, 5.74) is 0.327. The fourth-order valence-corrected chi connectivity index (χ4v) is 9.04. The van der Waals surface area contributed by atoms with Gasteiger partial charge in [-0.1, -0.05) is 50.3 Å². The first-order chi connectivity index (χ1) is 26.4. The van der Waals surface area contributed by atoms with Crippen LogP contribution < -0.4 is 10.0 Å². The maximum atomic E-state index is 13.6. The van der Waals surface area contributed by atoms with Crippen LogP contribution in [0.5, 0.6) is 0 Å². The van der Waals surface area contributed by atoms with Crippen LogP contribution in [0.25, 0.3) is 0 Å². The van der Waals surface area contributed by atoms with Gasteiger partial charge in [-0.15, -0.1) is 0 Å². The fourth-order valence-electron chi connectivity index (χ4n) is 9.04. The van der Waals surface area contributed by atoms with E-state index in [1.54, 1.807) is 13.0 Å². The normalized spacial score (nSPS) is 36.4. The molecule has 56 heavy (non-hydrogen) atoms. The minimum atomic E-state index is -5.19. The first kappa shape index (κ1) is 43.1. The highest BCUT2D eigenvalue weighted by Gasteiger charge is 2.69. The summed E-state index contributed by atoms with van der Waals surface area (Å²) in [5, 5.41) is 20.7. The highest BCUT2D eigenvalue weighted by Crippen LogP contribution is 2.61. The zero-order chi connectivity index (χ0) is 41.1. The van der Waals surface area contributed by atoms with E-state index in [9.17, 15) is 37.5 Å². The molecule has 0 aromatic heterocycles. The van der Waals surface area contributed by atoms with Gasteiger partial charge in [-0.05, 0) is 32.3 Å². The predicted octanol–water partition coefficient (Wildman–Crippen LogP) is 0.716. The summed E-state index contributed by atoms with van der Waals surface area (Å²) in [5.74, 6) is -8.22. The third kappa shape index (κ3) is 8.90. The van der Waals surface area contributed by atoms with E-state index in [1.807, 2.05) is 51.2 Å². The van der Waals surface area contributed by atoms with Crippen LogP contribution >= 0.6 is 0 Å². The summed E-state index contributed by atoms with van der Waals surface area (Å²) in [6.45, 7) is 10.0. The molecule has 4 bridgehead atoms. The number of rotatable bonds is 8. The summed E-state index contributed by atoms with van der Waals surface area (Å²) in [6, 6.07) is 0. The molecule has 3 fully saturated rings. The van der Waals surface area contributed by atoms with Gasteiger partial charge in [0.25, 0.3) is 0 Å². The summed E-state index contributed by atoms with van der Waals surface area (Å²) < 4.78 is 67.0. The third-order valence-electron chi connectivity index (χ3n) is 11.8. The molecule has 1 saturated carbocycles. The standard InChI is InChI=1S/C37H49NO11.C2HF3O2/c1-20-18-21(2)37-25(12-13-26-28(37)29(39)22(3)31(32(26)49-37)48-33(40)24-10-6-7-11-24)19-27(44-5)34(41)47-30(20)23(4)46-36(43)35(42)45-17-16-38-14-8-9-15-38;3-2(4,5)1(6)7/h6-7,10,12-13,18,20,22-23,25-32,39H,8-9,11,14-17,19H2,1-5H3;(H,6,7)/b21-18+;/t20-,22-,23-,25-,26?,27+,28?,29-,30+,31-,32-,37+;/m1./s1. The number of carboxylic acids is 1. The van der Waals surface area contributed by atoms with Gasteiger partial charge in [0.15, 0.2) is 6.10 Å². The number of aliphatic hydroxyl groups is 1. The van der Waals surface area contributed by atoms with Crippen molar-refractivity contribution in [2.45, 2.75) is 102 Å². The molecule has 0 amide bonds. The number of alkyl halides is 3. The number of carbonyl (C=O) groups excluding carboxylic acids is 5. The summed E-state index contributed by atoms with van der Waals surface area (Å²) in [6.07, 6.45) is 4.12. The molecule has 2 unspecified atom stereocenters. The Morgan fingerprint density at radius 2 is 1.80 bits per heavy atom. The van der Waals surface area contributed by atoms with Gasteiger partial charge in [-0.3, -0.25) is 0 Å². The van der Waals surface area contributed by atoms with Crippen LogP contribution in [-0.4, -0.2) is 117 Å². The second-order valence-electron chi connectivity index (χ2n) is 15.3. The molecule has 6 rings (SSSR count). The Hall–Kier alpha value is -4.06. The number of methoxy groups -OCH3 is 1. The van der Waals surface area contributed by atoms with E-state index in [1.165, 1.54) is 12.0 Å². The van der Waals surface area contributed by atoms with Gasteiger partial charge in [0.1, 0.15) is 49.1 Å². The van der Waals surface area contributed by atoms with Crippen LogP contribution in [-0.2, 0) is 52.4 Å².